The summed E-state index contributed by atoms with van der Waals surface area (Å²) in [5.41, 5.74) is 0. The number of aliphatic carboxylic acids is 1. The van der Waals surface area contributed by atoms with Crippen molar-refractivity contribution in [1.82, 2.24) is 10.6 Å². The second-order valence-corrected chi connectivity index (χ2v) is 6.29. The highest BCUT2D eigenvalue weighted by Gasteiger charge is 2.06. The highest BCUT2D eigenvalue weighted by Crippen LogP contribution is 1.99. The first kappa shape index (κ1) is 17.9. The molecule has 2 amide bonds. The Labute approximate surface area is 116 Å². The van der Waals surface area contributed by atoms with Crippen LogP contribution < -0.4 is 10.6 Å². The van der Waals surface area contributed by atoms with E-state index in [2.05, 4.69) is 10.6 Å². The highest BCUT2D eigenvalue weighted by atomic mass is 32.2. The highest BCUT2D eigenvalue weighted by molar-refractivity contribution is 7.84. The van der Waals surface area contributed by atoms with Crippen LogP contribution in [0.3, 0.4) is 0 Å². The van der Waals surface area contributed by atoms with Gasteiger partial charge >= 0.3 is 12.0 Å². The van der Waals surface area contributed by atoms with E-state index < -0.39 is 16.8 Å². The number of urea groups is 1. The molecule has 19 heavy (non-hydrogen) atoms. The average molecular weight is 292 g/mol. The van der Waals surface area contributed by atoms with Gasteiger partial charge in [-0.15, -0.1) is 0 Å². The smallest absolute Gasteiger partial charge is 0.314 e. The largest absolute Gasteiger partial charge is 0.481 e. The minimum absolute atomic E-state index is 0.0799. The Hall–Kier alpha value is -1.11. The number of carboxylic acid groups (broad SMARTS) is 1. The molecule has 0 aromatic carbocycles. The van der Waals surface area contributed by atoms with Crippen LogP contribution in [0.1, 0.15) is 39.0 Å². The molecule has 0 spiro atoms. The van der Waals surface area contributed by atoms with Crippen molar-refractivity contribution < 1.29 is 18.9 Å². The summed E-state index contributed by atoms with van der Waals surface area (Å²) in [6, 6.07) is -0.229. The first-order valence-electron chi connectivity index (χ1n) is 6.49. The summed E-state index contributed by atoms with van der Waals surface area (Å²) in [6.45, 7) is 2.93. The van der Waals surface area contributed by atoms with Gasteiger partial charge in [-0.2, -0.15) is 0 Å². The maximum atomic E-state index is 11.3. The number of carboxylic acids is 1. The Morgan fingerprint density at radius 3 is 2.37 bits per heavy atom. The summed E-state index contributed by atoms with van der Waals surface area (Å²) >= 11 is 0. The van der Waals surface area contributed by atoms with Crippen LogP contribution in [0.25, 0.3) is 0 Å². The Balaban J connectivity index is 3.40. The summed E-state index contributed by atoms with van der Waals surface area (Å²) in [4.78, 5) is 21.6. The van der Waals surface area contributed by atoms with Crippen LogP contribution in [0.5, 0.6) is 0 Å². The molecule has 0 aliphatic heterocycles. The molecule has 2 unspecified atom stereocenters. The third-order valence-electron chi connectivity index (χ3n) is 2.76. The van der Waals surface area contributed by atoms with Gasteiger partial charge in [0.2, 0.25) is 0 Å². The van der Waals surface area contributed by atoms with Crippen LogP contribution in [-0.2, 0) is 15.6 Å². The van der Waals surface area contributed by atoms with Crippen molar-refractivity contribution in [3.05, 3.63) is 0 Å². The van der Waals surface area contributed by atoms with E-state index >= 15 is 0 Å². The number of nitrogens with one attached hydrogen (secondary N) is 2. The number of carbonyl (C=O) groups excluding carboxylic acids is 1. The molecule has 7 heteroatoms. The molecule has 6 nitrogen and oxygen atoms in total. The fourth-order valence-electron chi connectivity index (χ4n) is 1.40. The molecule has 0 aromatic rings. The van der Waals surface area contributed by atoms with Gasteiger partial charge in [0, 0.05) is 41.8 Å². The number of amides is 2. The topological polar surface area (TPSA) is 95.5 Å². The zero-order chi connectivity index (χ0) is 14.7. The first-order valence-corrected chi connectivity index (χ1v) is 8.11. The lowest BCUT2D eigenvalue weighted by atomic mass is 10.2. The zero-order valence-corrected chi connectivity index (χ0v) is 12.4. The van der Waals surface area contributed by atoms with Gasteiger partial charge in [-0.3, -0.25) is 9.00 Å². The van der Waals surface area contributed by atoms with Crippen LogP contribution in [-0.4, -0.2) is 45.9 Å². The van der Waals surface area contributed by atoms with E-state index in [9.17, 15) is 13.8 Å². The standard InChI is InChI=1S/C12H24N2O4S/c1-10(19(2)18)7-9-14-12(17)13-8-5-3-4-6-11(15)16/h10H,3-9H2,1-2H3,(H,15,16)(H2,13,14,17). The fourth-order valence-corrected chi connectivity index (χ4v) is 1.85. The predicted octanol–water partition coefficient (Wildman–Crippen LogP) is 1.09. The molecular formula is C12H24N2O4S. The van der Waals surface area contributed by atoms with Crippen molar-refractivity contribution in [2.24, 2.45) is 0 Å². The summed E-state index contributed by atoms with van der Waals surface area (Å²) in [7, 11) is -0.858. The second-order valence-electron chi connectivity index (χ2n) is 4.48. The Kier molecular flexibility index (Phi) is 10.1. The maximum Gasteiger partial charge on any atom is 0.314 e. The van der Waals surface area contributed by atoms with Crippen molar-refractivity contribution in [2.75, 3.05) is 19.3 Å². The van der Waals surface area contributed by atoms with Crippen molar-refractivity contribution in [3.63, 3.8) is 0 Å². The van der Waals surface area contributed by atoms with E-state index in [0.717, 1.165) is 12.8 Å². The third kappa shape index (κ3) is 11.7. The molecule has 0 aliphatic rings. The van der Waals surface area contributed by atoms with Gasteiger partial charge in [0.05, 0.1) is 0 Å². The van der Waals surface area contributed by atoms with Crippen molar-refractivity contribution in [1.29, 1.82) is 0 Å². The average Bonchev–Trinajstić information content (AvgIpc) is 2.32. The van der Waals surface area contributed by atoms with Crippen LogP contribution in [0.4, 0.5) is 4.79 Å². The molecule has 0 aromatic heterocycles. The van der Waals surface area contributed by atoms with Gasteiger partial charge in [-0.25, -0.2) is 4.79 Å². The molecule has 0 radical (unpaired) electrons. The quantitative estimate of drug-likeness (QED) is 0.525. The predicted molar refractivity (Wildman–Crippen MR) is 75.7 cm³/mol. The van der Waals surface area contributed by atoms with Gasteiger partial charge < -0.3 is 15.7 Å². The summed E-state index contributed by atoms with van der Waals surface area (Å²) in [5.74, 6) is -0.784. The van der Waals surface area contributed by atoms with Gasteiger partial charge in [-0.1, -0.05) is 13.3 Å². The molecular weight excluding hydrogens is 268 g/mol. The van der Waals surface area contributed by atoms with E-state index in [-0.39, 0.29) is 17.7 Å². The van der Waals surface area contributed by atoms with E-state index in [0.29, 0.717) is 25.9 Å². The van der Waals surface area contributed by atoms with E-state index in [1.165, 1.54) is 0 Å². The SMILES string of the molecule is CC(CCNC(=O)NCCCCCC(=O)O)S(C)=O. The number of unbranched alkanes of at least 4 members (excludes halogenated alkanes) is 2. The lowest BCUT2D eigenvalue weighted by Gasteiger charge is -2.10. The van der Waals surface area contributed by atoms with E-state index in [1.54, 1.807) is 6.26 Å². The molecule has 0 bridgehead atoms. The molecule has 0 saturated heterocycles. The number of hydrogen-bond acceptors (Lipinski definition) is 3. The zero-order valence-electron chi connectivity index (χ0n) is 11.6. The van der Waals surface area contributed by atoms with Crippen molar-refractivity contribution >= 4 is 22.8 Å². The number of rotatable bonds is 10. The second kappa shape index (κ2) is 10.8. The minimum atomic E-state index is -0.858. The molecule has 0 heterocycles. The third-order valence-corrected chi connectivity index (χ3v) is 4.13. The van der Waals surface area contributed by atoms with Crippen LogP contribution in [0, 0.1) is 0 Å². The fraction of sp³-hybridized carbons (Fsp3) is 0.833. The van der Waals surface area contributed by atoms with Gasteiger partial charge in [-0.05, 0) is 19.3 Å². The number of carbonyl (C=O) groups is 2. The Bertz CT molecular complexity index is 310. The maximum absolute atomic E-state index is 11.3. The van der Waals surface area contributed by atoms with E-state index in [1.807, 2.05) is 6.92 Å². The molecule has 2 atom stereocenters. The van der Waals surface area contributed by atoms with E-state index in [4.69, 9.17) is 5.11 Å². The van der Waals surface area contributed by atoms with Crippen molar-refractivity contribution in [3.8, 4) is 0 Å². The van der Waals surface area contributed by atoms with Crippen LogP contribution >= 0.6 is 0 Å². The molecule has 112 valence electrons. The molecule has 0 saturated carbocycles. The summed E-state index contributed by atoms with van der Waals surface area (Å²) in [5, 5.41) is 13.9. The molecule has 0 fully saturated rings. The molecule has 3 N–H and O–H groups in total. The van der Waals surface area contributed by atoms with Gasteiger partial charge in [0.1, 0.15) is 0 Å². The lowest BCUT2D eigenvalue weighted by Crippen LogP contribution is -2.37. The molecule has 0 aliphatic carbocycles. The molecule has 0 rings (SSSR count). The minimum Gasteiger partial charge on any atom is -0.481 e. The monoisotopic (exact) mass is 292 g/mol. The number of hydrogen-bond donors (Lipinski definition) is 3. The summed E-state index contributed by atoms with van der Waals surface area (Å²) < 4.78 is 11.1. The van der Waals surface area contributed by atoms with Crippen molar-refractivity contribution in [2.45, 2.75) is 44.3 Å². The lowest BCUT2D eigenvalue weighted by molar-refractivity contribution is -0.137. The summed E-state index contributed by atoms with van der Waals surface area (Å²) in [6.07, 6.45) is 4.72. The first-order chi connectivity index (χ1) is 8.93. The van der Waals surface area contributed by atoms with Gasteiger partial charge in [0.15, 0.2) is 0 Å². The van der Waals surface area contributed by atoms with Crippen LogP contribution in [0.2, 0.25) is 0 Å². The van der Waals surface area contributed by atoms with Crippen LogP contribution in [0.15, 0.2) is 0 Å². The normalized spacial score (nSPS) is 13.6. The van der Waals surface area contributed by atoms with Gasteiger partial charge in [0.25, 0.3) is 0 Å². The Morgan fingerprint density at radius 2 is 1.79 bits per heavy atom. The Morgan fingerprint density at radius 1 is 1.16 bits per heavy atom.